The van der Waals surface area contributed by atoms with Gasteiger partial charge in [-0.2, -0.15) is 0 Å². The van der Waals surface area contributed by atoms with Crippen LogP contribution in [0.4, 0.5) is 0 Å². The van der Waals surface area contributed by atoms with Crippen molar-refractivity contribution in [2.45, 2.75) is 6.92 Å². The van der Waals surface area contributed by atoms with Crippen LogP contribution in [0.5, 0.6) is 0 Å². The van der Waals surface area contributed by atoms with Crippen LogP contribution in [0, 0.1) is 6.92 Å². The lowest BCUT2D eigenvalue weighted by Crippen LogP contribution is -2.03. The van der Waals surface area contributed by atoms with Gasteiger partial charge in [-0.3, -0.25) is 4.79 Å². The topological polar surface area (TPSA) is 30.0 Å². The van der Waals surface area contributed by atoms with Gasteiger partial charge in [0.25, 0.3) is 0 Å². The van der Waals surface area contributed by atoms with E-state index in [0.717, 1.165) is 10.9 Å². The molecule has 1 aromatic heterocycles. The largest absolute Gasteiger partial charge is 0.287 e. The van der Waals surface area contributed by atoms with Crippen LogP contribution in [0.3, 0.4) is 0 Å². The predicted molar refractivity (Wildman–Crippen MR) is 81.4 cm³/mol. The number of fused-ring (bicyclic) bond motifs is 1. The van der Waals surface area contributed by atoms with Crippen molar-refractivity contribution in [1.29, 1.82) is 0 Å². The maximum absolute atomic E-state index is 12.4. The van der Waals surface area contributed by atoms with E-state index in [2.05, 4.69) is 11.1 Å². The van der Waals surface area contributed by atoms with E-state index in [9.17, 15) is 4.79 Å². The van der Waals surface area contributed by atoms with Gasteiger partial charge in [-0.15, -0.1) is 0 Å². The zero-order chi connectivity index (χ0) is 14.1. The van der Waals surface area contributed by atoms with E-state index in [1.54, 1.807) is 30.3 Å². The van der Waals surface area contributed by atoms with E-state index in [-0.39, 0.29) is 5.78 Å². The summed E-state index contributed by atoms with van der Waals surface area (Å²) in [4.78, 5) is 16.8. The van der Waals surface area contributed by atoms with Crippen molar-refractivity contribution in [1.82, 2.24) is 4.98 Å². The molecular formula is C17H12ClNO. The van der Waals surface area contributed by atoms with Crippen LogP contribution in [-0.4, -0.2) is 10.8 Å². The first-order valence-corrected chi connectivity index (χ1v) is 6.69. The van der Waals surface area contributed by atoms with Crippen LogP contribution in [-0.2, 0) is 0 Å². The number of benzene rings is 2. The summed E-state index contributed by atoms with van der Waals surface area (Å²) in [6.07, 6.45) is 0. The minimum Gasteiger partial charge on any atom is -0.287 e. The molecule has 0 bridgehead atoms. The van der Waals surface area contributed by atoms with Gasteiger partial charge in [0.2, 0.25) is 5.78 Å². The van der Waals surface area contributed by atoms with Gasteiger partial charge in [-0.25, -0.2) is 4.98 Å². The molecule has 2 aromatic carbocycles. The standard InChI is InChI=1S/C17H12ClNO/c1-11-2-8-15-13(10-11)5-9-16(19-15)17(20)12-3-6-14(18)7-4-12/h2-10H,1H3. The van der Waals surface area contributed by atoms with E-state index in [4.69, 9.17) is 11.6 Å². The summed E-state index contributed by atoms with van der Waals surface area (Å²) in [6.45, 7) is 2.03. The number of carbonyl (C=O) groups is 1. The zero-order valence-electron chi connectivity index (χ0n) is 10.9. The van der Waals surface area contributed by atoms with E-state index in [0.29, 0.717) is 16.3 Å². The molecule has 0 fully saturated rings. The molecule has 3 aromatic rings. The van der Waals surface area contributed by atoms with E-state index >= 15 is 0 Å². The number of hydrogen-bond donors (Lipinski definition) is 0. The Morgan fingerprint density at radius 3 is 2.50 bits per heavy atom. The van der Waals surface area contributed by atoms with Gasteiger partial charge >= 0.3 is 0 Å². The van der Waals surface area contributed by atoms with Crippen molar-refractivity contribution in [2.24, 2.45) is 0 Å². The highest BCUT2D eigenvalue weighted by atomic mass is 35.5. The van der Waals surface area contributed by atoms with Crippen molar-refractivity contribution in [2.75, 3.05) is 0 Å². The highest BCUT2D eigenvalue weighted by Gasteiger charge is 2.11. The number of pyridine rings is 1. The Morgan fingerprint density at radius 1 is 1.00 bits per heavy atom. The first kappa shape index (κ1) is 12.8. The summed E-state index contributed by atoms with van der Waals surface area (Å²) in [6, 6.07) is 16.5. The smallest absolute Gasteiger partial charge is 0.211 e. The number of halogens is 1. The molecule has 0 saturated carbocycles. The Morgan fingerprint density at radius 2 is 1.75 bits per heavy atom. The number of carbonyl (C=O) groups excluding carboxylic acids is 1. The molecule has 3 rings (SSSR count). The number of rotatable bonds is 2. The minimum absolute atomic E-state index is 0.0934. The molecule has 1 heterocycles. The summed E-state index contributed by atoms with van der Waals surface area (Å²) in [7, 11) is 0. The SMILES string of the molecule is Cc1ccc2nc(C(=O)c3ccc(Cl)cc3)ccc2c1. The van der Waals surface area contributed by atoms with Gasteiger partial charge in [0.15, 0.2) is 0 Å². The first-order valence-electron chi connectivity index (χ1n) is 6.31. The fraction of sp³-hybridized carbons (Fsp3) is 0.0588. The quantitative estimate of drug-likeness (QED) is 0.651. The van der Waals surface area contributed by atoms with Gasteiger partial charge < -0.3 is 0 Å². The van der Waals surface area contributed by atoms with E-state index in [1.165, 1.54) is 5.56 Å². The average Bonchev–Trinajstić information content (AvgIpc) is 2.47. The Hall–Kier alpha value is -2.19. The molecule has 0 atom stereocenters. The second kappa shape index (κ2) is 5.06. The van der Waals surface area contributed by atoms with Crippen molar-refractivity contribution in [3.63, 3.8) is 0 Å². The molecule has 20 heavy (non-hydrogen) atoms. The Balaban J connectivity index is 2.03. The zero-order valence-corrected chi connectivity index (χ0v) is 11.7. The highest BCUT2D eigenvalue weighted by Crippen LogP contribution is 2.17. The molecule has 0 amide bonds. The van der Waals surface area contributed by atoms with Crippen LogP contribution in [0.25, 0.3) is 10.9 Å². The third-order valence-electron chi connectivity index (χ3n) is 3.18. The second-order valence-electron chi connectivity index (χ2n) is 4.73. The van der Waals surface area contributed by atoms with E-state index in [1.807, 2.05) is 25.1 Å². The molecule has 98 valence electrons. The summed E-state index contributed by atoms with van der Waals surface area (Å²) in [5, 5.41) is 1.65. The summed E-state index contributed by atoms with van der Waals surface area (Å²) in [5.74, 6) is -0.0934. The van der Waals surface area contributed by atoms with Crippen LogP contribution in [0.15, 0.2) is 54.6 Å². The van der Waals surface area contributed by atoms with Crippen molar-refractivity contribution in [3.05, 3.63) is 76.4 Å². The van der Waals surface area contributed by atoms with Gasteiger partial charge in [0.05, 0.1) is 5.52 Å². The van der Waals surface area contributed by atoms with Crippen molar-refractivity contribution >= 4 is 28.3 Å². The molecule has 0 unspecified atom stereocenters. The lowest BCUT2D eigenvalue weighted by atomic mass is 10.1. The third kappa shape index (κ3) is 2.43. The third-order valence-corrected chi connectivity index (χ3v) is 3.44. The maximum Gasteiger partial charge on any atom is 0.211 e. The number of aromatic nitrogens is 1. The summed E-state index contributed by atoms with van der Waals surface area (Å²) < 4.78 is 0. The number of aryl methyl sites for hydroxylation is 1. The van der Waals surface area contributed by atoms with Crippen LogP contribution in [0.2, 0.25) is 5.02 Å². The van der Waals surface area contributed by atoms with Gasteiger partial charge in [-0.1, -0.05) is 29.3 Å². The number of ketones is 1. The van der Waals surface area contributed by atoms with Crippen LogP contribution in [0.1, 0.15) is 21.6 Å². The Kier molecular flexibility index (Phi) is 3.25. The lowest BCUT2D eigenvalue weighted by Gasteiger charge is -2.04. The predicted octanol–water partition coefficient (Wildman–Crippen LogP) is 4.43. The summed E-state index contributed by atoms with van der Waals surface area (Å²) >= 11 is 5.83. The fourth-order valence-electron chi connectivity index (χ4n) is 2.12. The van der Waals surface area contributed by atoms with Gasteiger partial charge in [0, 0.05) is 16.0 Å². The minimum atomic E-state index is -0.0934. The van der Waals surface area contributed by atoms with Crippen LogP contribution < -0.4 is 0 Å². The van der Waals surface area contributed by atoms with Gasteiger partial charge in [0.1, 0.15) is 5.69 Å². The molecule has 0 aliphatic rings. The number of hydrogen-bond acceptors (Lipinski definition) is 2. The van der Waals surface area contributed by atoms with Gasteiger partial charge in [-0.05, 0) is 49.4 Å². The first-order chi connectivity index (χ1) is 9.63. The molecule has 0 aliphatic carbocycles. The molecule has 0 saturated heterocycles. The molecule has 2 nitrogen and oxygen atoms in total. The highest BCUT2D eigenvalue weighted by molar-refractivity contribution is 6.30. The number of nitrogens with zero attached hydrogens (tertiary/aromatic N) is 1. The van der Waals surface area contributed by atoms with Crippen molar-refractivity contribution < 1.29 is 4.79 Å². The van der Waals surface area contributed by atoms with E-state index < -0.39 is 0 Å². The Bertz CT molecular complexity index is 794. The monoisotopic (exact) mass is 281 g/mol. The average molecular weight is 282 g/mol. The maximum atomic E-state index is 12.4. The second-order valence-corrected chi connectivity index (χ2v) is 5.17. The molecule has 3 heteroatoms. The molecule has 0 aliphatic heterocycles. The lowest BCUT2D eigenvalue weighted by molar-refractivity contribution is 0.103. The molecular weight excluding hydrogens is 270 g/mol. The summed E-state index contributed by atoms with van der Waals surface area (Å²) in [5.41, 5.74) is 3.04. The fourth-order valence-corrected chi connectivity index (χ4v) is 2.25. The van der Waals surface area contributed by atoms with Crippen LogP contribution >= 0.6 is 11.6 Å². The molecule has 0 radical (unpaired) electrons. The van der Waals surface area contributed by atoms with Crippen molar-refractivity contribution in [3.8, 4) is 0 Å². The molecule has 0 N–H and O–H groups in total. The molecule has 0 spiro atoms. The normalized spacial score (nSPS) is 10.7. The Labute approximate surface area is 122 Å².